The van der Waals surface area contributed by atoms with Gasteiger partial charge in [0.1, 0.15) is 11.5 Å². The Bertz CT molecular complexity index is 1510. The molecule has 0 bridgehead atoms. The first-order valence-electron chi connectivity index (χ1n) is 10.9. The van der Waals surface area contributed by atoms with E-state index in [4.69, 9.17) is 21.3 Å². The van der Waals surface area contributed by atoms with Crippen LogP contribution in [0.3, 0.4) is 0 Å². The molecule has 35 heavy (non-hydrogen) atoms. The van der Waals surface area contributed by atoms with Gasteiger partial charge in [0, 0.05) is 10.6 Å². The molecule has 2 heterocycles. The van der Waals surface area contributed by atoms with E-state index >= 15 is 0 Å². The maximum absolute atomic E-state index is 13.4. The summed E-state index contributed by atoms with van der Waals surface area (Å²) < 4.78 is 6.19. The molecule has 6 nitrogen and oxygen atoms in total. The fraction of sp³-hybridized carbons (Fsp3) is 0.148. The molecule has 1 N–H and O–H groups in total. The number of amides is 1. The molecule has 176 valence electrons. The third-order valence-electron chi connectivity index (χ3n) is 6.02. The normalized spacial score (nSPS) is 17.4. The summed E-state index contributed by atoms with van der Waals surface area (Å²) in [5.74, 6) is -1.15. The first-order valence-corrected chi connectivity index (χ1v) is 12.1. The molecule has 0 unspecified atom stereocenters. The van der Waals surface area contributed by atoms with E-state index in [-0.39, 0.29) is 11.3 Å². The number of fused-ring (bicyclic) bond motifs is 1. The van der Waals surface area contributed by atoms with Crippen LogP contribution in [0.25, 0.3) is 16.0 Å². The summed E-state index contributed by atoms with van der Waals surface area (Å²) in [6.07, 6.45) is 0. The highest BCUT2D eigenvalue weighted by Gasteiger charge is 2.48. The minimum Gasteiger partial charge on any atom is -0.507 e. The van der Waals surface area contributed by atoms with Crippen LogP contribution in [0.2, 0.25) is 5.02 Å². The predicted octanol–water partition coefficient (Wildman–Crippen LogP) is 6.20. The van der Waals surface area contributed by atoms with Gasteiger partial charge in [-0.1, -0.05) is 41.1 Å². The molecule has 8 heteroatoms. The number of rotatable bonds is 4. The van der Waals surface area contributed by atoms with Crippen LogP contribution in [0.15, 0.2) is 66.2 Å². The lowest BCUT2D eigenvalue weighted by molar-refractivity contribution is -0.132. The summed E-state index contributed by atoms with van der Waals surface area (Å²) in [5, 5.41) is 12.1. The second-order valence-corrected chi connectivity index (χ2v) is 9.82. The van der Waals surface area contributed by atoms with Gasteiger partial charge in [-0.2, -0.15) is 0 Å². The fourth-order valence-electron chi connectivity index (χ4n) is 4.36. The van der Waals surface area contributed by atoms with Crippen molar-refractivity contribution in [3.63, 3.8) is 0 Å². The van der Waals surface area contributed by atoms with Gasteiger partial charge < -0.3 is 9.84 Å². The molecule has 3 aromatic carbocycles. The number of hydrogen-bond donors (Lipinski definition) is 1. The molecule has 1 aliphatic heterocycles. The Morgan fingerprint density at radius 3 is 2.40 bits per heavy atom. The Labute approximate surface area is 211 Å². The largest absolute Gasteiger partial charge is 0.507 e. The molecule has 0 radical (unpaired) electrons. The number of carbonyl (C=O) groups excluding carboxylic acids is 2. The fourth-order valence-corrected chi connectivity index (χ4v) is 5.65. The molecule has 1 aliphatic rings. The van der Waals surface area contributed by atoms with Crippen LogP contribution in [0, 0.1) is 13.8 Å². The van der Waals surface area contributed by atoms with Gasteiger partial charge in [0.15, 0.2) is 5.13 Å². The average Bonchev–Trinajstić information content (AvgIpc) is 3.38. The summed E-state index contributed by atoms with van der Waals surface area (Å²) in [7, 11) is 1.56. The number of aliphatic hydroxyl groups excluding tert-OH is 1. The second kappa shape index (κ2) is 8.83. The maximum atomic E-state index is 13.4. The Morgan fingerprint density at radius 1 is 1.06 bits per heavy atom. The number of ketones is 1. The molecule has 1 aromatic heterocycles. The lowest BCUT2D eigenvalue weighted by atomic mass is 9.95. The van der Waals surface area contributed by atoms with Gasteiger partial charge >= 0.3 is 5.91 Å². The summed E-state index contributed by atoms with van der Waals surface area (Å²) in [4.78, 5) is 32.8. The van der Waals surface area contributed by atoms with Crippen molar-refractivity contribution in [1.29, 1.82) is 0 Å². The number of ether oxygens (including phenoxy) is 1. The van der Waals surface area contributed by atoms with Gasteiger partial charge in [0.25, 0.3) is 5.78 Å². The monoisotopic (exact) mass is 504 g/mol. The van der Waals surface area contributed by atoms with Crippen molar-refractivity contribution in [1.82, 2.24) is 4.98 Å². The molecule has 1 fully saturated rings. The van der Waals surface area contributed by atoms with E-state index in [1.165, 1.54) is 16.2 Å². The molecule has 1 saturated heterocycles. The van der Waals surface area contributed by atoms with Crippen LogP contribution in [-0.4, -0.2) is 28.9 Å². The first-order chi connectivity index (χ1) is 16.8. The van der Waals surface area contributed by atoms with Crippen molar-refractivity contribution in [3.8, 4) is 5.75 Å². The van der Waals surface area contributed by atoms with Crippen molar-refractivity contribution < 1.29 is 19.4 Å². The highest BCUT2D eigenvalue weighted by atomic mass is 35.5. The highest BCUT2D eigenvalue weighted by molar-refractivity contribution is 7.22. The zero-order valence-electron chi connectivity index (χ0n) is 19.2. The van der Waals surface area contributed by atoms with Crippen molar-refractivity contribution in [2.24, 2.45) is 0 Å². The Balaban J connectivity index is 1.73. The number of halogens is 1. The Kier molecular flexibility index (Phi) is 5.83. The topological polar surface area (TPSA) is 79.7 Å². The van der Waals surface area contributed by atoms with Crippen LogP contribution >= 0.6 is 22.9 Å². The molecule has 1 amide bonds. The zero-order valence-corrected chi connectivity index (χ0v) is 20.8. The van der Waals surface area contributed by atoms with E-state index in [0.717, 1.165) is 21.3 Å². The number of hydrogen-bond acceptors (Lipinski definition) is 6. The lowest BCUT2D eigenvalue weighted by Crippen LogP contribution is -2.29. The molecular weight excluding hydrogens is 484 g/mol. The van der Waals surface area contributed by atoms with Gasteiger partial charge in [-0.25, -0.2) is 4.98 Å². The average molecular weight is 505 g/mol. The number of Topliss-reactive ketones (excluding diaryl/α,β-unsaturated/α-hetero) is 1. The maximum Gasteiger partial charge on any atom is 0.301 e. The Hall–Kier alpha value is -3.68. The minimum absolute atomic E-state index is 0.00496. The van der Waals surface area contributed by atoms with Crippen molar-refractivity contribution in [3.05, 3.63) is 93.5 Å². The van der Waals surface area contributed by atoms with Gasteiger partial charge in [-0.3, -0.25) is 14.5 Å². The van der Waals surface area contributed by atoms with E-state index < -0.39 is 17.7 Å². The van der Waals surface area contributed by atoms with Crippen molar-refractivity contribution >= 4 is 55.7 Å². The van der Waals surface area contributed by atoms with Crippen LogP contribution in [0.4, 0.5) is 5.13 Å². The van der Waals surface area contributed by atoms with E-state index in [9.17, 15) is 14.7 Å². The van der Waals surface area contributed by atoms with E-state index in [1.54, 1.807) is 55.6 Å². The predicted molar refractivity (Wildman–Crippen MR) is 138 cm³/mol. The number of methoxy groups -OCH3 is 1. The number of carbonyl (C=O) groups is 2. The van der Waals surface area contributed by atoms with E-state index in [1.807, 2.05) is 26.0 Å². The third kappa shape index (κ3) is 3.96. The quantitative estimate of drug-likeness (QED) is 0.203. The van der Waals surface area contributed by atoms with E-state index in [0.29, 0.717) is 27.0 Å². The minimum atomic E-state index is -0.862. The summed E-state index contributed by atoms with van der Waals surface area (Å²) in [6.45, 7) is 3.97. The third-order valence-corrected chi connectivity index (χ3v) is 7.27. The molecule has 0 aliphatic carbocycles. The van der Waals surface area contributed by atoms with Crippen LogP contribution < -0.4 is 9.64 Å². The molecule has 4 aromatic rings. The lowest BCUT2D eigenvalue weighted by Gasteiger charge is -2.23. The summed E-state index contributed by atoms with van der Waals surface area (Å²) in [5.41, 5.74) is 3.88. The molecule has 0 spiro atoms. The number of benzene rings is 3. The number of aliphatic hydroxyl groups is 1. The summed E-state index contributed by atoms with van der Waals surface area (Å²) >= 11 is 7.34. The van der Waals surface area contributed by atoms with Crippen LogP contribution in [0.1, 0.15) is 28.3 Å². The molecule has 0 saturated carbocycles. The number of aromatic nitrogens is 1. The van der Waals surface area contributed by atoms with Crippen LogP contribution in [-0.2, 0) is 9.59 Å². The zero-order chi connectivity index (χ0) is 24.9. The molecular formula is C27H21ClN2O4S. The van der Waals surface area contributed by atoms with Gasteiger partial charge in [-0.15, -0.1) is 0 Å². The number of anilines is 1. The smallest absolute Gasteiger partial charge is 0.301 e. The molecule has 1 atom stereocenters. The SMILES string of the molecule is COc1ccc([C@@H]2C(=C(O)c3ccc(Cl)cc3)C(=O)C(=O)N2c2nc3c(C)cc(C)cc3s2)cc1. The van der Waals surface area contributed by atoms with Crippen molar-refractivity contribution in [2.75, 3.05) is 12.0 Å². The highest BCUT2D eigenvalue weighted by Crippen LogP contribution is 2.45. The van der Waals surface area contributed by atoms with E-state index in [2.05, 4.69) is 0 Å². The summed E-state index contributed by atoms with van der Waals surface area (Å²) in [6, 6.07) is 16.7. The second-order valence-electron chi connectivity index (χ2n) is 8.37. The number of nitrogens with zero attached hydrogens (tertiary/aromatic N) is 2. The van der Waals surface area contributed by atoms with Crippen molar-refractivity contribution in [2.45, 2.75) is 19.9 Å². The van der Waals surface area contributed by atoms with Gasteiger partial charge in [0.05, 0.1) is 28.9 Å². The number of thiazole rings is 1. The Morgan fingerprint density at radius 2 is 1.74 bits per heavy atom. The standard InChI is InChI=1S/C27H21ClN2O4S/c1-14-12-15(2)22-20(13-14)35-27(29-22)30-23(16-6-10-19(34-3)11-7-16)21(25(32)26(30)33)24(31)17-4-8-18(28)9-5-17/h4-13,23,31H,1-3H3/t23-/m1/s1. The molecule has 5 rings (SSSR count). The number of aryl methyl sites for hydroxylation is 2. The van der Waals surface area contributed by atoms with Gasteiger partial charge in [-0.05, 0) is 73.0 Å². The first kappa shape index (κ1) is 23.1. The van der Waals surface area contributed by atoms with Gasteiger partial charge in [0.2, 0.25) is 0 Å². The van der Waals surface area contributed by atoms with Crippen LogP contribution in [0.5, 0.6) is 5.75 Å².